The van der Waals surface area contributed by atoms with Crippen molar-refractivity contribution in [3.05, 3.63) is 34.3 Å². The van der Waals surface area contributed by atoms with E-state index in [0.717, 1.165) is 42.4 Å². The highest BCUT2D eigenvalue weighted by Crippen LogP contribution is 2.34. The number of hydrogen-bond donors (Lipinski definition) is 1. The minimum Gasteiger partial charge on any atom is -0.396 e. The molecule has 1 aliphatic heterocycles. The third-order valence-corrected chi connectivity index (χ3v) is 4.76. The van der Waals surface area contributed by atoms with Crippen LogP contribution in [0.3, 0.4) is 0 Å². The molecule has 2 rings (SSSR count). The minimum absolute atomic E-state index is 0.0219. The largest absolute Gasteiger partial charge is 0.396 e. The molecule has 1 aromatic rings. The summed E-state index contributed by atoms with van der Waals surface area (Å²) in [6.45, 7) is 3.81. The van der Waals surface area contributed by atoms with Gasteiger partial charge >= 0.3 is 0 Å². The lowest BCUT2D eigenvalue weighted by Gasteiger charge is -2.40. The van der Waals surface area contributed by atoms with Crippen molar-refractivity contribution in [2.45, 2.75) is 26.2 Å². The van der Waals surface area contributed by atoms with Gasteiger partial charge in [-0.1, -0.05) is 28.9 Å². The molecule has 0 atom stereocenters. The van der Waals surface area contributed by atoms with Crippen molar-refractivity contribution in [2.24, 2.45) is 5.41 Å². The molecule has 104 valence electrons. The summed E-state index contributed by atoms with van der Waals surface area (Å²) in [5.41, 5.74) is 0.746. The number of piperidine rings is 1. The monoisotopic (exact) mass is 325 g/mol. The zero-order chi connectivity index (χ0) is 13.9. The average Bonchev–Trinajstić information content (AvgIpc) is 2.46. The number of rotatable bonds is 3. The number of halogens is 1. The molecule has 1 saturated heterocycles. The Morgan fingerprint density at radius 2 is 2.11 bits per heavy atom. The molecule has 0 aromatic heterocycles. The molecule has 0 unspecified atom stereocenters. The first kappa shape index (κ1) is 14.5. The van der Waals surface area contributed by atoms with Crippen LogP contribution >= 0.6 is 15.9 Å². The molecule has 1 heterocycles. The lowest BCUT2D eigenvalue weighted by Crippen LogP contribution is -2.44. The van der Waals surface area contributed by atoms with Gasteiger partial charge in [-0.15, -0.1) is 0 Å². The number of nitrogens with zero attached hydrogens (tertiary/aromatic N) is 1. The Morgan fingerprint density at radius 3 is 2.63 bits per heavy atom. The number of carbonyl (C=O) groups excluding carboxylic acids is 1. The van der Waals surface area contributed by atoms with E-state index in [1.54, 1.807) is 0 Å². The van der Waals surface area contributed by atoms with Crippen LogP contribution in [0.25, 0.3) is 0 Å². The maximum absolute atomic E-state index is 12.4. The fraction of sp³-hybridized carbons (Fsp3) is 0.533. The molecule has 1 aromatic carbocycles. The van der Waals surface area contributed by atoms with Gasteiger partial charge in [0.15, 0.2) is 0 Å². The van der Waals surface area contributed by atoms with E-state index >= 15 is 0 Å². The van der Waals surface area contributed by atoms with Crippen LogP contribution in [0.15, 0.2) is 28.7 Å². The van der Waals surface area contributed by atoms with E-state index in [2.05, 4.69) is 22.9 Å². The summed E-state index contributed by atoms with van der Waals surface area (Å²) in [5, 5.41) is 9.51. The Morgan fingerprint density at radius 1 is 1.42 bits per heavy atom. The van der Waals surface area contributed by atoms with Crippen molar-refractivity contribution in [1.82, 2.24) is 4.90 Å². The molecule has 1 amide bonds. The fourth-order valence-electron chi connectivity index (χ4n) is 2.61. The second-order valence-corrected chi connectivity index (χ2v) is 6.23. The van der Waals surface area contributed by atoms with Gasteiger partial charge in [0, 0.05) is 29.7 Å². The Bertz CT molecular complexity index is 447. The molecule has 0 bridgehead atoms. The Kier molecular flexibility index (Phi) is 4.63. The van der Waals surface area contributed by atoms with Crippen LogP contribution < -0.4 is 0 Å². The second-order valence-electron chi connectivity index (χ2n) is 5.31. The van der Waals surface area contributed by atoms with Gasteiger partial charge in [-0.25, -0.2) is 0 Å². The summed E-state index contributed by atoms with van der Waals surface area (Å²) in [7, 11) is 0. The zero-order valence-electron chi connectivity index (χ0n) is 11.2. The molecule has 4 heteroatoms. The third-order valence-electron chi connectivity index (χ3n) is 4.27. The predicted octanol–water partition coefficient (Wildman–Crippen LogP) is 3.07. The van der Waals surface area contributed by atoms with E-state index in [1.807, 2.05) is 29.2 Å². The van der Waals surface area contributed by atoms with Crippen molar-refractivity contribution in [3.63, 3.8) is 0 Å². The molecular formula is C15H20BrNO2. The first-order valence-electron chi connectivity index (χ1n) is 6.76. The summed E-state index contributed by atoms with van der Waals surface area (Å²) in [6.07, 6.45) is 2.75. The van der Waals surface area contributed by atoms with E-state index in [-0.39, 0.29) is 17.9 Å². The Hall–Kier alpha value is -0.870. The quantitative estimate of drug-likeness (QED) is 0.927. The molecule has 1 aliphatic rings. The third kappa shape index (κ3) is 3.18. The van der Waals surface area contributed by atoms with E-state index < -0.39 is 0 Å². The van der Waals surface area contributed by atoms with E-state index in [1.165, 1.54) is 0 Å². The van der Waals surface area contributed by atoms with Gasteiger partial charge in [-0.3, -0.25) is 4.79 Å². The number of benzene rings is 1. The molecule has 1 fully saturated rings. The van der Waals surface area contributed by atoms with E-state index in [4.69, 9.17) is 0 Å². The fourth-order valence-corrected chi connectivity index (χ4v) is 3.01. The maximum Gasteiger partial charge on any atom is 0.253 e. The summed E-state index contributed by atoms with van der Waals surface area (Å²) in [5.74, 6) is 0.0870. The SMILES string of the molecule is CCC1(CO)CCN(C(=O)c2cccc(Br)c2)CC1. The first-order valence-corrected chi connectivity index (χ1v) is 7.55. The van der Waals surface area contributed by atoms with E-state index in [0.29, 0.717) is 0 Å². The van der Waals surface area contributed by atoms with Gasteiger partial charge in [0.2, 0.25) is 0 Å². The van der Waals surface area contributed by atoms with Crippen molar-refractivity contribution in [2.75, 3.05) is 19.7 Å². The van der Waals surface area contributed by atoms with Crippen molar-refractivity contribution >= 4 is 21.8 Å². The smallest absolute Gasteiger partial charge is 0.253 e. The second kappa shape index (κ2) is 6.06. The minimum atomic E-state index is 0.0219. The summed E-state index contributed by atoms with van der Waals surface area (Å²) >= 11 is 3.39. The molecule has 0 aliphatic carbocycles. The standard InChI is InChI=1S/C15H20BrNO2/c1-2-15(11-18)6-8-17(9-7-15)14(19)12-4-3-5-13(16)10-12/h3-5,10,18H,2,6-9,11H2,1H3. The van der Waals surface area contributed by atoms with Gasteiger partial charge in [-0.05, 0) is 42.9 Å². The van der Waals surface area contributed by atoms with Crippen LogP contribution in [-0.4, -0.2) is 35.6 Å². The molecule has 1 N–H and O–H groups in total. The van der Waals surface area contributed by atoms with Gasteiger partial charge in [0.25, 0.3) is 5.91 Å². The van der Waals surface area contributed by atoms with Gasteiger partial charge in [0.05, 0.1) is 0 Å². The van der Waals surface area contributed by atoms with Crippen LogP contribution in [0.2, 0.25) is 0 Å². The average molecular weight is 326 g/mol. The lowest BCUT2D eigenvalue weighted by molar-refractivity contribution is 0.0338. The highest BCUT2D eigenvalue weighted by molar-refractivity contribution is 9.10. The predicted molar refractivity (Wildman–Crippen MR) is 79.1 cm³/mol. The van der Waals surface area contributed by atoms with Crippen LogP contribution in [0, 0.1) is 5.41 Å². The van der Waals surface area contributed by atoms with Crippen LogP contribution in [-0.2, 0) is 0 Å². The topological polar surface area (TPSA) is 40.5 Å². The van der Waals surface area contributed by atoms with Crippen LogP contribution in [0.5, 0.6) is 0 Å². The molecular weight excluding hydrogens is 306 g/mol. The summed E-state index contributed by atoms with van der Waals surface area (Å²) in [6, 6.07) is 7.50. The zero-order valence-corrected chi connectivity index (χ0v) is 12.8. The van der Waals surface area contributed by atoms with Gasteiger partial charge in [0.1, 0.15) is 0 Å². The summed E-state index contributed by atoms with van der Waals surface area (Å²) in [4.78, 5) is 14.3. The number of likely N-dealkylation sites (tertiary alicyclic amines) is 1. The Labute approximate surface area is 122 Å². The maximum atomic E-state index is 12.4. The lowest BCUT2D eigenvalue weighted by atomic mass is 9.77. The molecule has 3 nitrogen and oxygen atoms in total. The number of aliphatic hydroxyl groups excluding tert-OH is 1. The highest BCUT2D eigenvalue weighted by atomic mass is 79.9. The number of carbonyl (C=O) groups is 1. The normalized spacial score (nSPS) is 18.4. The van der Waals surface area contributed by atoms with Crippen molar-refractivity contribution < 1.29 is 9.90 Å². The molecule has 19 heavy (non-hydrogen) atoms. The van der Waals surface area contributed by atoms with Crippen LogP contribution in [0.4, 0.5) is 0 Å². The molecule has 0 spiro atoms. The van der Waals surface area contributed by atoms with E-state index in [9.17, 15) is 9.90 Å². The van der Waals surface area contributed by atoms with Gasteiger partial charge < -0.3 is 10.0 Å². The highest BCUT2D eigenvalue weighted by Gasteiger charge is 2.34. The first-order chi connectivity index (χ1) is 9.10. The summed E-state index contributed by atoms with van der Waals surface area (Å²) < 4.78 is 0.925. The van der Waals surface area contributed by atoms with Crippen LogP contribution in [0.1, 0.15) is 36.5 Å². The number of amides is 1. The van der Waals surface area contributed by atoms with Crippen molar-refractivity contribution in [1.29, 1.82) is 0 Å². The van der Waals surface area contributed by atoms with Crippen molar-refractivity contribution in [3.8, 4) is 0 Å². The molecule has 0 radical (unpaired) electrons. The Balaban J connectivity index is 2.04. The van der Waals surface area contributed by atoms with Gasteiger partial charge in [-0.2, -0.15) is 0 Å². The number of aliphatic hydroxyl groups is 1. The number of hydrogen-bond acceptors (Lipinski definition) is 2. The molecule has 0 saturated carbocycles.